The van der Waals surface area contributed by atoms with Crippen molar-refractivity contribution in [2.45, 2.75) is 13.0 Å². The molecule has 0 unspecified atom stereocenters. The molecule has 0 saturated heterocycles. The summed E-state index contributed by atoms with van der Waals surface area (Å²) >= 11 is 1.30. The van der Waals surface area contributed by atoms with Crippen molar-refractivity contribution in [3.8, 4) is 11.8 Å². The average molecular weight is 303 g/mol. The van der Waals surface area contributed by atoms with E-state index in [1.54, 1.807) is 23.6 Å². The zero-order chi connectivity index (χ0) is 15.1. The van der Waals surface area contributed by atoms with Gasteiger partial charge in [0.2, 0.25) is 0 Å². The molecule has 1 aromatic carbocycles. The largest absolute Gasteiger partial charge is 0.395 e. The first-order valence-electron chi connectivity index (χ1n) is 6.40. The molecule has 5 heteroatoms. The molecule has 0 aliphatic rings. The fourth-order valence-electron chi connectivity index (χ4n) is 1.71. The van der Waals surface area contributed by atoms with Gasteiger partial charge in [0.1, 0.15) is 10.7 Å². The standard InChI is InChI=1S/C16H14FNO2S/c17-14-6-3-4-12(10-14)11-18-16(20)15-13(7-9-21-15)5-1-2-8-19/h3-4,6-7,9-10,19H,2,8,11H2,(H,18,20). The Labute approximate surface area is 126 Å². The van der Waals surface area contributed by atoms with Gasteiger partial charge < -0.3 is 10.4 Å². The number of benzene rings is 1. The van der Waals surface area contributed by atoms with Crippen LogP contribution in [0.5, 0.6) is 0 Å². The Morgan fingerprint density at radius 3 is 3.00 bits per heavy atom. The molecule has 0 spiro atoms. The number of thiophene rings is 1. The first-order chi connectivity index (χ1) is 10.2. The van der Waals surface area contributed by atoms with Crippen molar-refractivity contribution in [2.24, 2.45) is 0 Å². The Morgan fingerprint density at radius 2 is 2.24 bits per heavy atom. The van der Waals surface area contributed by atoms with Gasteiger partial charge in [-0.05, 0) is 29.1 Å². The van der Waals surface area contributed by atoms with Gasteiger partial charge in [0, 0.05) is 18.5 Å². The fraction of sp³-hybridized carbons (Fsp3) is 0.188. The van der Waals surface area contributed by atoms with Crippen molar-refractivity contribution in [3.63, 3.8) is 0 Å². The van der Waals surface area contributed by atoms with Gasteiger partial charge in [-0.15, -0.1) is 11.3 Å². The summed E-state index contributed by atoms with van der Waals surface area (Å²) in [6, 6.07) is 7.87. The minimum atomic E-state index is -0.326. The van der Waals surface area contributed by atoms with Crippen molar-refractivity contribution in [1.29, 1.82) is 0 Å². The van der Waals surface area contributed by atoms with Crippen molar-refractivity contribution in [3.05, 3.63) is 57.5 Å². The number of hydrogen-bond donors (Lipinski definition) is 2. The molecule has 0 aliphatic heterocycles. The van der Waals surface area contributed by atoms with E-state index in [2.05, 4.69) is 17.2 Å². The van der Waals surface area contributed by atoms with Crippen LogP contribution in [0.15, 0.2) is 35.7 Å². The highest BCUT2D eigenvalue weighted by molar-refractivity contribution is 7.12. The fourth-order valence-corrected chi connectivity index (χ4v) is 2.47. The Balaban J connectivity index is 2.01. The van der Waals surface area contributed by atoms with E-state index in [-0.39, 0.29) is 24.9 Å². The predicted molar refractivity (Wildman–Crippen MR) is 80.5 cm³/mol. The minimum absolute atomic E-state index is 0.00175. The van der Waals surface area contributed by atoms with E-state index in [1.165, 1.54) is 23.5 Å². The van der Waals surface area contributed by atoms with Crippen LogP contribution in [-0.2, 0) is 6.54 Å². The number of rotatable bonds is 4. The molecule has 2 aromatic rings. The zero-order valence-electron chi connectivity index (χ0n) is 11.2. The third-order valence-electron chi connectivity index (χ3n) is 2.67. The van der Waals surface area contributed by atoms with Gasteiger partial charge >= 0.3 is 0 Å². The van der Waals surface area contributed by atoms with Crippen LogP contribution in [0.1, 0.15) is 27.2 Å². The summed E-state index contributed by atoms with van der Waals surface area (Å²) in [7, 11) is 0. The molecule has 108 valence electrons. The van der Waals surface area contributed by atoms with Crippen LogP contribution in [0.25, 0.3) is 0 Å². The smallest absolute Gasteiger partial charge is 0.262 e. The van der Waals surface area contributed by atoms with E-state index < -0.39 is 0 Å². The van der Waals surface area contributed by atoms with Crippen molar-refractivity contribution in [2.75, 3.05) is 6.61 Å². The third-order valence-corrected chi connectivity index (χ3v) is 3.59. The molecule has 21 heavy (non-hydrogen) atoms. The summed E-state index contributed by atoms with van der Waals surface area (Å²) in [6.45, 7) is 0.260. The van der Waals surface area contributed by atoms with Crippen molar-refractivity contribution >= 4 is 17.2 Å². The van der Waals surface area contributed by atoms with Crippen LogP contribution in [0.3, 0.4) is 0 Å². The highest BCUT2D eigenvalue weighted by atomic mass is 32.1. The van der Waals surface area contributed by atoms with E-state index in [1.807, 2.05) is 0 Å². The van der Waals surface area contributed by atoms with Gasteiger partial charge in [-0.25, -0.2) is 4.39 Å². The van der Waals surface area contributed by atoms with Gasteiger partial charge in [-0.2, -0.15) is 0 Å². The summed E-state index contributed by atoms with van der Waals surface area (Å²) in [5.74, 6) is 5.09. The monoisotopic (exact) mass is 303 g/mol. The number of nitrogens with one attached hydrogen (secondary N) is 1. The van der Waals surface area contributed by atoms with Gasteiger partial charge in [-0.1, -0.05) is 24.0 Å². The van der Waals surface area contributed by atoms with E-state index in [9.17, 15) is 9.18 Å². The number of carbonyl (C=O) groups excluding carboxylic acids is 1. The van der Waals surface area contributed by atoms with Crippen LogP contribution in [0.4, 0.5) is 4.39 Å². The number of aliphatic hydroxyl groups excluding tert-OH is 1. The molecule has 1 amide bonds. The maximum absolute atomic E-state index is 13.1. The topological polar surface area (TPSA) is 49.3 Å². The minimum Gasteiger partial charge on any atom is -0.395 e. The molecular formula is C16H14FNO2S. The Hall–Kier alpha value is -2.16. The molecule has 0 atom stereocenters. The number of halogens is 1. The molecule has 1 heterocycles. The SMILES string of the molecule is O=C(NCc1cccc(F)c1)c1sccc1C#CCCO. The lowest BCUT2D eigenvalue weighted by molar-refractivity contribution is 0.0954. The maximum Gasteiger partial charge on any atom is 0.262 e. The molecular weight excluding hydrogens is 289 g/mol. The molecule has 0 saturated carbocycles. The van der Waals surface area contributed by atoms with Gasteiger partial charge in [0.05, 0.1) is 6.61 Å². The summed E-state index contributed by atoms with van der Waals surface area (Å²) in [4.78, 5) is 12.6. The van der Waals surface area contributed by atoms with Crippen LogP contribution in [0.2, 0.25) is 0 Å². The van der Waals surface area contributed by atoms with Crippen LogP contribution in [-0.4, -0.2) is 17.6 Å². The molecule has 2 rings (SSSR count). The number of amides is 1. The molecule has 1 aromatic heterocycles. The van der Waals surface area contributed by atoms with Crippen LogP contribution < -0.4 is 5.32 Å². The third kappa shape index (κ3) is 4.42. The molecule has 2 N–H and O–H groups in total. The first kappa shape index (κ1) is 15.2. The highest BCUT2D eigenvalue weighted by Gasteiger charge is 2.11. The number of carbonyl (C=O) groups is 1. The van der Waals surface area contributed by atoms with Crippen LogP contribution >= 0.6 is 11.3 Å². The molecule has 0 radical (unpaired) electrons. The second-order valence-corrected chi connectivity index (χ2v) is 5.17. The van der Waals surface area contributed by atoms with Crippen molar-refractivity contribution in [1.82, 2.24) is 5.32 Å². The first-order valence-corrected chi connectivity index (χ1v) is 7.28. The quantitative estimate of drug-likeness (QED) is 0.853. The van der Waals surface area contributed by atoms with E-state index in [0.717, 1.165) is 0 Å². The van der Waals surface area contributed by atoms with Gasteiger partial charge in [0.15, 0.2) is 0 Å². The Bertz CT molecular complexity index is 685. The van der Waals surface area contributed by atoms with Gasteiger partial charge in [-0.3, -0.25) is 4.79 Å². The van der Waals surface area contributed by atoms with Gasteiger partial charge in [0.25, 0.3) is 5.91 Å². The lowest BCUT2D eigenvalue weighted by atomic mass is 10.2. The second-order valence-electron chi connectivity index (χ2n) is 4.25. The molecule has 0 bridgehead atoms. The summed E-state index contributed by atoms with van der Waals surface area (Å²) < 4.78 is 13.1. The molecule has 0 aliphatic carbocycles. The highest BCUT2D eigenvalue weighted by Crippen LogP contribution is 2.16. The summed E-state index contributed by atoms with van der Waals surface area (Å²) in [5.41, 5.74) is 1.35. The van der Waals surface area contributed by atoms with Crippen LogP contribution in [0, 0.1) is 17.7 Å². The van der Waals surface area contributed by atoms with E-state index in [4.69, 9.17) is 5.11 Å². The second kappa shape index (κ2) is 7.58. The predicted octanol–water partition coefficient (Wildman–Crippen LogP) is 2.55. The molecule has 0 fully saturated rings. The average Bonchev–Trinajstić information content (AvgIpc) is 2.94. The normalized spacial score (nSPS) is 9.81. The summed E-state index contributed by atoms with van der Waals surface area (Å²) in [6.07, 6.45) is 0.375. The van der Waals surface area contributed by atoms with Crippen molar-refractivity contribution < 1.29 is 14.3 Å². The Morgan fingerprint density at radius 1 is 1.38 bits per heavy atom. The van der Waals surface area contributed by atoms with E-state index >= 15 is 0 Å². The maximum atomic E-state index is 13.1. The van der Waals surface area contributed by atoms with E-state index in [0.29, 0.717) is 22.4 Å². The zero-order valence-corrected chi connectivity index (χ0v) is 12.0. The Kier molecular flexibility index (Phi) is 5.50. The summed E-state index contributed by atoms with van der Waals surface area (Å²) in [5, 5.41) is 13.2. The lowest BCUT2D eigenvalue weighted by Gasteiger charge is -2.04. The number of hydrogen-bond acceptors (Lipinski definition) is 3. The lowest BCUT2D eigenvalue weighted by Crippen LogP contribution is -2.22. The number of aliphatic hydroxyl groups is 1. The molecule has 3 nitrogen and oxygen atoms in total.